The summed E-state index contributed by atoms with van der Waals surface area (Å²) in [5, 5.41) is 0.00926. The molecule has 5 rings (SSSR count). The summed E-state index contributed by atoms with van der Waals surface area (Å²) in [6, 6.07) is 1.13. The van der Waals surface area contributed by atoms with Gasteiger partial charge in [-0.25, -0.2) is 18.1 Å². The van der Waals surface area contributed by atoms with Gasteiger partial charge in [-0.3, -0.25) is 4.79 Å². The fourth-order valence-electron chi connectivity index (χ4n) is 4.90. The Balaban J connectivity index is 1.61. The van der Waals surface area contributed by atoms with Gasteiger partial charge >= 0.3 is 0 Å². The molecule has 2 fully saturated rings. The smallest absolute Gasteiger partial charge is 0.260 e. The Morgan fingerprint density at radius 1 is 1.22 bits per heavy atom. The Morgan fingerprint density at radius 3 is 2.69 bits per heavy atom. The van der Waals surface area contributed by atoms with Gasteiger partial charge in [0.15, 0.2) is 6.61 Å². The van der Waals surface area contributed by atoms with Crippen LogP contribution in [-0.2, 0) is 19.6 Å². The van der Waals surface area contributed by atoms with E-state index in [2.05, 4.69) is 9.71 Å². The number of halogens is 1. The molecule has 2 atom stereocenters. The number of rotatable bonds is 3. The van der Waals surface area contributed by atoms with Crippen LogP contribution in [0, 0.1) is 0 Å². The summed E-state index contributed by atoms with van der Waals surface area (Å²) in [5.41, 5.74) is 0.945. The fraction of sp³-hybridized carbons (Fsp3) is 0.727. The van der Waals surface area contributed by atoms with Crippen LogP contribution in [0.25, 0.3) is 0 Å². The van der Waals surface area contributed by atoms with Crippen LogP contribution in [0.4, 0.5) is 0 Å². The van der Waals surface area contributed by atoms with Gasteiger partial charge in [-0.15, -0.1) is 0 Å². The number of carbonyl (C=O) groups excluding carboxylic acids is 1. The van der Waals surface area contributed by atoms with Crippen molar-refractivity contribution >= 4 is 27.5 Å². The molecular formula is C22H32ClN3O5S. The molecule has 4 aliphatic rings. The lowest BCUT2D eigenvalue weighted by atomic mass is 9.83. The first-order valence-electron chi connectivity index (χ1n) is 11.4. The van der Waals surface area contributed by atoms with E-state index >= 15 is 0 Å². The second kappa shape index (κ2) is 9.83. The Morgan fingerprint density at radius 2 is 1.97 bits per heavy atom. The van der Waals surface area contributed by atoms with E-state index in [9.17, 15) is 13.2 Å². The quantitative estimate of drug-likeness (QED) is 0.707. The monoisotopic (exact) mass is 485 g/mol. The van der Waals surface area contributed by atoms with E-state index in [-0.39, 0.29) is 36.6 Å². The number of piperidine rings is 1. The lowest BCUT2D eigenvalue weighted by Gasteiger charge is -2.42. The lowest BCUT2D eigenvalue weighted by Crippen LogP contribution is -2.60. The minimum atomic E-state index is -3.47. The average molecular weight is 486 g/mol. The van der Waals surface area contributed by atoms with Gasteiger partial charge in [0, 0.05) is 24.3 Å². The first-order chi connectivity index (χ1) is 15.2. The number of ether oxygens (including phenoxy) is 2. The van der Waals surface area contributed by atoms with Crippen molar-refractivity contribution in [3.8, 4) is 5.88 Å². The molecule has 1 saturated carbocycles. The van der Waals surface area contributed by atoms with E-state index in [0.29, 0.717) is 36.9 Å². The lowest BCUT2D eigenvalue weighted by molar-refractivity contribution is -0.140. The van der Waals surface area contributed by atoms with Gasteiger partial charge in [0.1, 0.15) is 0 Å². The van der Waals surface area contributed by atoms with E-state index in [0.717, 1.165) is 31.2 Å². The van der Waals surface area contributed by atoms with Crippen molar-refractivity contribution in [2.75, 3.05) is 19.8 Å². The molecule has 10 heteroatoms. The first kappa shape index (κ1) is 23.7. The number of sulfonamides is 1. The molecule has 8 nitrogen and oxygen atoms in total. The first-order valence-corrected chi connectivity index (χ1v) is 13.4. The Bertz CT molecular complexity index is 933. The van der Waals surface area contributed by atoms with Gasteiger partial charge in [0.05, 0.1) is 29.0 Å². The highest BCUT2D eigenvalue weighted by atomic mass is 35.5. The average Bonchev–Trinajstić information content (AvgIpc) is 2.78. The molecule has 3 aliphatic heterocycles. The van der Waals surface area contributed by atoms with Gasteiger partial charge in [0.2, 0.25) is 15.9 Å². The van der Waals surface area contributed by atoms with Crippen LogP contribution < -0.4 is 9.46 Å². The van der Waals surface area contributed by atoms with Crippen molar-refractivity contribution in [3.05, 3.63) is 22.8 Å². The van der Waals surface area contributed by atoms with Crippen LogP contribution in [0.2, 0.25) is 5.02 Å². The fourth-order valence-corrected chi connectivity index (χ4v) is 6.04. The van der Waals surface area contributed by atoms with Crippen molar-refractivity contribution in [2.45, 2.75) is 81.7 Å². The molecule has 4 heterocycles. The largest absolute Gasteiger partial charge is 0.467 e. The van der Waals surface area contributed by atoms with Crippen LogP contribution in [0.15, 0.2) is 12.3 Å². The van der Waals surface area contributed by atoms with Crippen LogP contribution in [0.1, 0.15) is 63.9 Å². The second-order valence-electron chi connectivity index (χ2n) is 9.26. The molecule has 2 bridgehead atoms. The highest BCUT2D eigenvalue weighted by Crippen LogP contribution is 2.39. The van der Waals surface area contributed by atoms with E-state index in [1.54, 1.807) is 18.7 Å². The molecule has 1 aromatic heterocycles. The van der Waals surface area contributed by atoms with Crippen molar-refractivity contribution in [1.82, 2.24) is 14.6 Å². The third kappa shape index (κ3) is 5.21. The van der Waals surface area contributed by atoms with Gasteiger partial charge in [0.25, 0.3) is 5.91 Å². The Labute approximate surface area is 195 Å². The van der Waals surface area contributed by atoms with Gasteiger partial charge in [-0.2, -0.15) is 0 Å². The van der Waals surface area contributed by atoms with Gasteiger partial charge < -0.3 is 14.4 Å². The molecule has 0 spiro atoms. The van der Waals surface area contributed by atoms with Crippen LogP contribution in [0.3, 0.4) is 0 Å². The number of aromatic nitrogens is 1. The van der Waals surface area contributed by atoms with Gasteiger partial charge in [-0.05, 0) is 64.4 Å². The van der Waals surface area contributed by atoms with E-state index in [4.69, 9.17) is 21.1 Å². The molecule has 0 radical (unpaired) electrons. The second-order valence-corrected chi connectivity index (χ2v) is 12.0. The standard InChI is InChI=1S/C22H32ClN3O5S/c1-14(2)32(28,29)25-19-4-3-9-26-20(19)12-30-17-7-5-15(6-8-17)18-10-16(23)11-24-22(18)31-13-21(26)27/h10-11,14-15,17,19-20,25H,3-9,12-13H2,1-2H3/t15?,17?,19?,20-/m0/s1. The van der Waals surface area contributed by atoms with Crippen LogP contribution in [-0.4, -0.2) is 67.4 Å². The maximum atomic E-state index is 13.2. The van der Waals surface area contributed by atoms with Crippen LogP contribution in [0.5, 0.6) is 5.88 Å². The normalized spacial score (nSPS) is 29.4. The number of hydrogen-bond donors (Lipinski definition) is 1. The number of hydrogen-bond acceptors (Lipinski definition) is 6. The van der Waals surface area contributed by atoms with Crippen LogP contribution >= 0.6 is 11.6 Å². The van der Waals surface area contributed by atoms with E-state index < -0.39 is 15.3 Å². The molecule has 1 aliphatic carbocycles. The molecule has 1 aromatic rings. The SMILES string of the molecule is CC(C)S(=O)(=O)NC1CCCN2C(=O)COc3ncc(Cl)cc3C3CCC(CC3)OC[C@@H]12. The Kier molecular flexibility index (Phi) is 7.29. The molecule has 1 N–H and O–H groups in total. The molecule has 1 saturated heterocycles. The highest BCUT2D eigenvalue weighted by Gasteiger charge is 2.38. The zero-order chi connectivity index (χ0) is 22.9. The summed E-state index contributed by atoms with van der Waals surface area (Å²) in [6.07, 6.45) is 6.63. The number of nitrogens with one attached hydrogen (secondary N) is 1. The predicted molar refractivity (Wildman–Crippen MR) is 121 cm³/mol. The third-order valence-corrected chi connectivity index (χ3v) is 8.91. The van der Waals surface area contributed by atoms with Crippen molar-refractivity contribution in [3.63, 3.8) is 0 Å². The summed E-state index contributed by atoms with van der Waals surface area (Å²) >= 11 is 6.20. The number of amides is 1. The zero-order valence-electron chi connectivity index (χ0n) is 18.6. The summed E-state index contributed by atoms with van der Waals surface area (Å²) < 4.78 is 40.1. The Hall–Kier alpha value is -1.42. The molecular weight excluding hydrogens is 454 g/mol. The molecule has 178 valence electrons. The van der Waals surface area contributed by atoms with E-state index in [1.165, 1.54) is 6.20 Å². The van der Waals surface area contributed by atoms with Gasteiger partial charge in [-0.1, -0.05) is 11.6 Å². The van der Waals surface area contributed by atoms with Crippen molar-refractivity contribution in [2.24, 2.45) is 0 Å². The topological polar surface area (TPSA) is 97.8 Å². The minimum absolute atomic E-state index is 0.0877. The van der Waals surface area contributed by atoms with E-state index in [1.807, 2.05) is 6.07 Å². The number of carbonyl (C=O) groups is 1. The number of pyridine rings is 1. The number of fused-ring (bicyclic) bond motifs is 5. The third-order valence-electron chi connectivity index (χ3n) is 6.83. The maximum Gasteiger partial charge on any atom is 0.260 e. The molecule has 32 heavy (non-hydrogen) atoms. The summed E-state index contributed by atoms with van der Waals surface area (Å²) in [5.74, 6) is 0.526. The summed E-state index contributed by atoms with van der Waals surface area (Å²) in [6.45, 7) is 4.00. The van der Waals surface area contributed by atoms with Crippen molar-refractivity contribution < 1.29 is 22.7 Å². The predicted octanol–water partition coefficient (Wildman–Crippen LogP) is 2.86. The highest BCUT2D eigenvalue weighted by molar-refractivity contribution is 7.90. The zero-order valence-corrected chi connectivity index (χ0v) is 20.2. The molecule has 1 amide bonds. The molecule has 0 aromatic carbocycles. The van der Waals surface area contributed by atoms with Crippen molar-refractivity contribution in [1.29, 1.82) is 0 Å². The maximum absolute atomic E-state index is 13.2. The summed E-state index contributed by atoms with van der Waals surface area (Å²) in [4.78, 5) is 19.2. The minimum Gasteiger partial charge on any atom is -0.467 e. The molecule has 1 unspecified atom stereocenters. The number of nitrogens with zero attached hydrogens (tertiary/aromatic N) is 2. The summed E-state index contributed by atoms with van der Waals surface area (Å²) in [7, 11) is -3.47.